The van der Waals surface area contributed by atoms with E-state index in [1.807, 2.05) is 36.4 Å². The minimum atomic E-state index is -0.289. The van der Waals surface area contributed by atoms with Gasteiger partial charge in [-0.05, 0) is 46.7 Å². The zero-order valence-electron chi connectivity index (χ0n) is 13.1. The molecule has 0 spiro atoms. The number of hydrogen-bond donors (Lipinski definition) is 2. The fraction of sp³-hybridized carbons (Fsp3) is 0.0526. The molecule has 0 aromatic heterocycles. The lowest BCUT2D eigenvalue weighted by Gasteiger charge is -2.04. The van der Waals surface area contributed by atoms with Crippen LogP contribution < -0.4 is 10.2 Å². The third-order valence-electron chi connectivity index (χ3n) is 3.60. The van der Waals surface area contributed by atoms with Crippen molar-refractivity contribution in [2.45, 2.75) is 0 Å². The Hall–Kier alpha value is -3.34. The number of aromatic hydroxyl groups is 1. The van der Waals surface area contributed by atoms with Crippen LogP contribution in [0.2, 0.25) is 0 Å². The summed E-state index contributed by atoms with van der Waals surface area (Å²) in [5.41, 5.74) is 3.73. The first kappa shape index (κ1) is 15.6. The summed E-state index contributed by atoms with van der Waals surface area (Å²) in [5, 5.41) is 15.6. The normalized spacial score (nSPS) is 10.9. The SMILES string of the molecule is COc1cc(/C=N\NC(=O)c2ccc3ccccc3c2)ccc1O. The predicted octanol–water partition coefficient (Wildman–Crippen LogP) is 3.32. The van der Waals surface area contributed by atoms with Crippen molar-refractivity contribution in [3.8, 4) is 11.5 Å². The lowest BCUT2D eigenvalue weighted by atomic mass is 10.1. The summed E-state index contributed by atoms with van der Waals surface area (Å²) >= 11 is 0. The Morgan fingerprint density at radius 2 is 1.88 bits per heavy atom. The van der Waals surface area contributed by atoms with E-state index in [4.69, 9.17) is 4.74 Å². The molecule has 24 heavy (non-hydrogen) atoms. The summed E-state index contributed by atoms with van der Waals surface area (Å²) in [4.78, 5) is 12.2. The van der Waals surface area contributed by atoms with Gasteiger partial charge >= 0.3 is 0 Å². The maximum absolute atomic E-state index is 12.2. The van der Waals surface area contributed by atoms with Crippen molar-refractivity contribution in [3.63, 3.8) is 0 Å². The largest absolute Gasteiger partial charge is 0.504 e. The van der Waals surface area contributed by atoms with E-state index in [0.717, 1.165) is 10.8 Å². The second-order valence-corrected chi connectivity index (χ2v) is 5.19. The number of ether oxygens (including phenoxy) is 1. The Balaban J connectivity index is 1.72. The molecule has 0 aliphatic rings. The Morgan fingerprint density at radius 1 is 1.08 bits per heavy atom. The smallest absolute Gasteiger partial charge is 0.271 e. The first-order valence-corrected chi connectivity index (χ1v) is 7.36. The quantitative estimate of drug-likeness (QED) is 0.572. The molecule has 120 valence electrons. The Morgan fingerprint density at radius 3 is 2.67 bits per heavy atom. The van der Waals surface area contributed by atoms with Crippen LogP contribution in [-0.2, 0) is 0 Å². The molecule has 5 nitrogen and oxygen atoms in total. The number of nitrogens with one attached hydrogen (secondary N) is 1. The van der Waals surface area contributed by atoms with E-state index in [1.54, 1.807) is 18.2 Å². The molecule has 0 aliphatic heterocycles. The number of hydrogen-bond acceptors (Lipinski definition) is 4. The summed E-state index contributed by atoms with van der Waals surface area (Å²) in [6.07, 6.45) is 1.49. The molecule has 0 fully saturated rings. The van der Waals surface area contributed by atoms with Crippen LogP contribution in [-0.4, -0.2) is 24.3 Å². The molecular formula is C19H16N2O3. The van der Waals surface area contributed by atoms with Crippen molar-refractivity contribution in [2.75, 3.05) is 7.11 Å². The topological polar surface area (TPSA) is 70.9 Å². The monoisotopic (exact) mass is 320 g/mol. The van der Waals surface area contributed by atoms with E-state index >= 15 is 0 Å². The highest BCUT2D eigenvalue weighted by Crippen LogP contribution is 2.25. The van der Waals surface area contributed by atoms with Gasteiger partial charge in [0.2, 0.25) is 0 Å². The van der Waals surface area contributed by atoms with Crippen molar-refractivity contribution in [3.05, 3.63) is 71.8 Å². The third kappa shape index (κ3) is 3.35. The summed E-state index contributed by atoms with van der Waals surface area (Å²) in [7, 11) is 1.47. The van der Waals surface area contributed by atoms with Crippen LogP contribution >= 0.6 is 0 Å². The average molecular weight is 320 g/mol. The first-order valence-electron chi connectivity index (χ1n) is 7.36. The van der Waals surface area contributed by atoms with Crippen molar-refractivity contribution in [2.24, 2.45) is 5.10 Å². The van der Waals surface area contributed by atoms with E-state index in [1.165, 1.54) is 19.4 Å². The van der Waals surface area contributed by atoms with Gasteiger partial charge in [0.25, 0.3) is 5.91 Å². The van der Waals surface area contributed by atoms with Gasteiger partial charge in [-0.1, -0.05) is 30.3 Å². The second-order valence-electron chi connectivity index (χ2n) is 5.19. The Labute approximate surface area is 139 Å². The minimum absolute atomic E-state index is 0.0508. The molecule has 0 aliphatic carbocycles. The number of phenolic OH excluding ortho intramolecular Hbond substituents is 1. The van der Waals surface area contributed by atoms with Crippen LogP contribution in [0, 0.1) is 0 Å². The van der Waals surface area contributed by atoms with Gasteiger partial charge in [0.15, 0.2) is 11.5 Å². The zero-order valence-corrected chi connectivity index (χ0v) is 13.1. The first-order chi connectivity index (χ1) is 11.7. The molecule has 3 aromatic carbocycles. The highest BCUT2D eigenvalue weighted by atomic mass is 16.5. The van der Waals surface area contributed by atoms with Gasteiger partial charge in [-0.3, -0.25) is 4.79 Å². The number of carbonyl (C=O) groups is 1. The van der Waals surface area contributed by atoms with E-state index in [2.05, 4.69) is 10.5 Å². The summed E-state index contributed by atoms with van der Waals surface area (Å²) in [6.45, 7) is 0. The number of benzene rings is 3. The molecule has 0 radical (unpaired) electrons. The number of fused-ring (bicyclic) bond motifs is 1. The van der Waals surface area contributed by atoms with Crippen molar-refractivity contribution >= 4 is 22.9 Å². The molecule has 0 heterocycles. The number of amides is 1. The van der Waals surface area contributed by atoms with Crippen molar-refractivity contribution in [1.29, 1.82) is 0 Å². The maximum atomic E-state index is 12.2. The van der Waals surface area contributed by atoms with Gasteiger partial charge in [0.05, 0.1) is 13.3 Å². The van der Waals surface area contributed by atoms with Crippen LogP contribution in [0.1, 0.15) is 15.9 Å². The molecule has 0 saturated carbocycles. The molecular weight excluding hydrogens is 304 g/mol. The number of hydrazone groups is 1. The van der Waals surface area contributed by atoms with Crippen LogP contribution in [0.4, 0.5) is 0 Å². The lowest BCUT2D eigenvalue weighted by molar-refractivity contribution is 0.0955. The van der Waals surface area contributed by atoms with Crippen LogP contribution in [0.25, 0.3) is 10.8 Å². The predicted molar refractivity (Wildman–Crippen MR) is 93.7 cm³/mol. The van der Waals surface area contributed by atoms with E-state index in [9.17, 15) is 9.90 Å². The number of phenols is 1. The number of methoxy groups -OCH3 is 1. The molecule has 1 amide bonds. The Kier molecular flexibility index (Phi) is 4.43. The molecule has 0 unspecified atom stereocenters. The maximum Gasteiger partial charge on any atom is 0.271 e. The number of rotatable bonds is 4. The van der Waals surface area contributed by atoms with E-state index in [0.29, 0.717) is 16.9 Å². The standard InChI is InChI=1S/C19H16N2O3/c1-24-18-10-13(6-9-17(18)22)12-20-21-19(23)16-8-7-14-4-2-3-5-15(14)11-16/h2-12,22H,1H3,(H,21,23)/b20-12-. The zero-order chi connectivity index (χ0) is 16.9. The second kappa shape index (κ2) is 6.83. The van der Waals surface area contributed by atoms with E-state index < -0.39 is 0 Å². The van der Waals surface area contributed by atoms with Gasteiger partial charge < -0.3 is 9.84 Å². The average Bonchev–Trinajstić information content (AvgIpc) is 2.62. The van der Waals surface area contributed by atoms with E-state index in [-0.39, 0.29) is 11.7 Å². The number of nitrogens with zero attached hydrogens (tertiary/aromatic N) is 1. The number of carbonyl (C=O) groups excluding carboxylic acids is 1. The van der Waals surface area contributed by atoms with Gasteiger partial charge in [0.1, 0.15) is 0 Å². The van der Waals surface area contributed by atoms with Crippen LogP contribution in [0.15, 0.2) is 65.8 Å². The van der Waals surface area contributed by atoms with Crippen LogP contribution in [0.5, 0.6) is 11.5 Å². The van der Waals surface area contributed by atoms with Gasteiger partial charge in [-0.2, -0.15) is 5.10 Å². The fourth-order valence-corrected chi connectivity index (χ4v) is 2.34. The summed E-state index contributed by atoms with van der Waals surface area (Å²) in [5.74, 6) is 0.109. The third-order valence-corrected chi connectivity index (χ3v) is 3.60. The molecule has 0 saturated heterocycles. The molecule has 0 bridgehead atoms. The highest BCUT2D eigenvalue weighted by molar-refractivity contribution is 5.99. The van der Waals surface area contributed by atoms with Crippen molar-refractivity contribution < 1.29 is 14.6 Å². The summed E-state index contributed by atoms with van der Waals surface area (Å²) < 4.78 is 5.02. The molecule has 3 aromatic rings. The highest BCUT2D eigenvalue weighted by Gasteiger charge is 2.05. The molecule has 0 atom stereocenters. The van der Waals surface area contributed by atoms with Gasteiger partial charge in [-0.25, -0.2) is 5.43 Å². The van der Waals surface area contributed by atoms with Crippen LogP contribution in [0.3, 0.4) is 0 Å². The molecule has 2 N–H and O–H groups in total. The summed E-state index contributed by atoms with van der Waals surface area (Å²) in [6, 6.07) is 18.1. The molecule has 5 heteroatoms. The Bertz CT molecular complexity index is 919. The fourth-order valence-electron chi connectivity index (χ4n) is 2.34. The van der Waals surface area contributed by atoms with Crippen molar-refractivity contribution in [1.82, 2.24) is 5.43 Å². The van der Waals surface area contributed by atoms with Gasteiger partial charge in [-0.15, -0.1) is 0 Å². The molecule has 3 rings (SSSR count). The minimum Gasteiger partial charge on any atom is -0.504 e. The van der Waals surface area contributed by atoms with Gasteiger partial charge in [0, 0.05) is 5.56 Å². The lowest BCUT2D eigenvalue weighted by Crippen LogP contribution is -2.17.